The molecule has 72 valence electrons. The number of hydrogen-bond donors (Lipinski definition) is 4. The van der Waals surface area contributed by atoms with Crippen molar-refractivity contribution in [1.29, 1.82) is 0 Å². The molecule has 0 bridgehead atoms. The number of aromatic nitrogens is 3. The van der Waals surface area contributed by atoms with E-state index in [4.69, 9.17) is 10.8 Å². The molecule has 0 aromatic carbocycles. The molecule has 1 aromatic heterocycles. The van der Waals surface area contributed by atoms with Crippen LogP contribution in [-0.2, 0) is 11.3 Å². The van der Waals surface area contributed by atoms with Gasteiger partial charge in [-0.15, -0.1) is 0 Å². The van der Waals surface area contributed by atoms with Crippen LogP contribution < -0.4 is 17.1 Å². The molecule has 13 heavy (non-hydrogen) atoms. The molecule has 0 aliphatic rings. The molecule has 1 unspecified atom stereocenters. The van der Waals surface area contributed by atoms with Crippen LogP contribution in [0.25, 0.3) is 0 Å². The third-order valence-corrected chi connectivity index (χ3v) is 1.46. The Bertz CT molecular complexity index is 385. The number of nitrogens with zero attached hydrogens (tertiary/aromatic N) is 1. The van der Waals surface area contributed by atoms with E-state index in [1.807, 2.05) is 10.2 Å². The highest BCUT2D eigenvalue weighted by Gasteiger charge is 2.14. The number of carboxylic acids is 1. The number of rotatable bonds is 3. The van der Waals surface area contributed by atoms with Gasteiger partial charge in [-0.2, -0.15) is 0 Å². The van der Waals surface area contributed by atoms with Gasteiger partial charge in [-0.25, -0.2) is 24.4 Å². The number of aliphatic carboxylic acids is 1. The van der Waals surface area contributed by atoms with Crippen LogP contribution >= 0.6 is 0 Å². The predicted octanol–water partition coefficient (Wildman–Crippen LogP) is -2.72. The van der Waals surface area contributed by atoms with Gasteiger partial charge in [-0.3, -0.25) is 4.79 Å². The molecule has 1 aromatic rings. The van der Waals surface area contributed by atoms with E-state index in [0.29, 0.717) is 4.57 Å². The Kier molecular flexibility index (Phi) is 2.33. The zero-order valence-electron chi connectivity index (χ0n) is 6.48. The number of H-pyrrole nitrogens is 2. The van der Waals surface area contributed by atoms with Gasteiger partial charge in [0.15, 0.2) is 0 Å². The number of carbonyl (C=O) groups is 1. The van der Waals surface area contributed by atoms with E-state index in [-0.39, 0.29) is 6.54 Å². The van der Waals surface area contributed by atoms with Crippen molar-refractivity contribution in [1.82, 2.24) is 14.8 Å². The molecule has 0 saturated carbocycles. The van der Waals surface area contributed by atoms with Crippen molar-refractivity contribution in [2.45, 2.75) is 12.6 Å². The molecule has 0 aliphatic heterocycles. The first-order chi connectivity index (χ1) is 6.02. The second kappa shape index (κ2) is 3.27. The molecule has 1 heterocycles. The lowest BCUT2D eigenvalue weighted by molar-refractivity contribution is -0.138. The van der Waals surface area contributed by atoms with Gasteiger partial charge in [0, 0.05) is 0 Å². The van der Waals surface area contributed by atoms with Gasteiger partial charge in [0.1, 0.15) is 6.04 Å². The minimum Gasteiger partial charge on any atom is -0.480 e. The summed E-state index contributed by atoms with van der Waals surface area (Å²) in [6.07, 6.45) is 0. The lowest BCUT2D eigenvalue weighted by Gasteiger charge is -2.03. The van der Waals surface area contributed by atoms with Crippen LogP contribution in [0, 0.1) is 0 Å². The molecular formula is C5H8N4O4. The lowest BCUT2D eigenvalue weighted by atomic mass is 10.3. The van der Waals surface area contributed by atoms with Crippen LogP contribution in [0.15, 0.2) is 9.59 Å². The van der Waals surface area contributed by atoms with E-state index in [9.17, 15) is 14.4 Å². The second-order valence-corrected chi connectivity index (χ2v) is 2.42. The van der Waals surface area contributed by atoms with E-state index in [0.717, 1.165) is 0 Å². The number of nitrogens with two attached hydrogens (primary N) is 1. The SMILES string of the molecule is NC(Cn1c(=O)[nH][nH]c1=O)C(=O)O. The number of hydrogen-bond acceptors (Lipinski definition) is 4. The molecule has 0 aliphatic carbocycles. The van der Waals surface area contributed by atoms with Crippen molar-refractivity contribution in [3.63, 3.8) is 0 Å². The molecule has 0 spiro atoms. The normalized spacial score (nSPS) is 12.7. The maximum absolute atomic E-state index is 10.8. The van der Waals surface area contributed by atoms with Crippen LogP contribution in [0.3, 0.4) is 0 Å². The lowest BCUT2D eigenvalue weighted by Crippen LogP contribution is -2.40. The fraction of sp³-hybridized carbons (Fsp3) is 0.400. The van der Waals surface area contributed by atoms with E-state index in [2.05, 4.69) is 0 Å². The molecule has 0 fully saturated rings. The van der Waals surface area contributed by atoms with E-state index >= 15 is 0 Å². The summed E-state index contributed by atoms with van der Waals surface area (Å²) in [6.45, 7) is -0.354. The Morgan fingerprint density at radius 3 is 2.31 bits per heavy atom. The minimum absolute atomic E-state index is 0.354. The predicted molar refractivity (Wildman–Crippen MR) is 41.3 cm³/mol. The maximum Gasteiger partial charge on any atom is 0.344 e. The Hall–Kier alpha value is -1.83. The summed E-state index contributed by atoms with van der Waals surface area (Å²) in [7, 11) is 0. The highest BCUT2D eigenvalue weighted by Crippen LogP contribution is 1.80. The zero-order valence-corrected chi connectivity index (χ0v) is 6.48. The van der Waals surface area contributed by atoms with Crippen molar-refractivity contribution in [3.05, 3.63) is 21.0 Å². The Balaban J connectivity index is 2.92. The highest BCUT2D eigenvalue weighted by atomic mass is 16.4. The van der Waals surface area contributed by atoms with Crippen LogP contribution in [0.1, 0.15) is 0 Å². The molecule has 8 heteroatoms. The Morgan fingerprint density at radius 1 is 1.46 bits per heavy atom. The summed E-state index contributed by atoms with van der Waals surface area (Å²) in [5.74, 6) is -1.27. The smallest absolute Gasteiger partial charge is 0.344 e. The van der Waals surface area contributed by atoms with Gasteiger partial charge in [-0.05, 0) is 0 Å². The zero-order chi connectivity index (χ0) is 10.0. The summed E-state index contributed by atoms with van der Waals surface area (Å²) < 4.78 is 0.679. The Labute approximate surface area is 71.0 Å². The number of carboxylic acid groups (broad SMARTS) is 1. The van der Waals surface area contributed by atoms with Crippen molar-refractivity contribution >= 4 is 5.97 Å². The summed E-state index contributed by atoms with van der Waals surface area (Å²) >= 11 is 0. The molecule has 1 rings (SSSR count). The topological polar surface area (TPSA) is 134 Å². The second-order valence-electron chi connectivity index (χ2n) is 2.42. The van der Waals surface area contributed by atoms with Crippen LogP contribution in [-0.4, -0.2) is 31.9 Å². The molecule has 0 amide bonds. The minimum atomic E-state index is -1.27. The molecule has 8 nitrogen and oxygen atoms in total. The molecule has 0 saturated heterocycles. The average Bonchev–Trinajstić information content (AvgIpc) is 2.35. The highest BCUT2D eigenvalue weighted by molar-refractivity contribution is 5.72. The summed E-state index contributed by atoms with van der Waals surface area (Å²) in [4.78, 5) is 31.9. The van der Waals surface area contributed by atoms with Crippen molar-refractivity contribution in [3.8, 4) is 0 Å². The third kappa shape index (κ3) is 1.85. The van der Waals surface area contributed by atoms with Crippen LogP contribution in [0.2, 0.25) is 0 Å². The van der Waals surface area contributed by atoms with E-state index < -0.39 is 23.4 Å². The quantitative estimate of drug-likeness (QED) is 0.408. The first-order valence-corrected chi connectivity index (χ1v) is 3.38. The van der Waals surface area contributed by atoms with Crippen LogP contribution in [0.4, 0.5) is 0 Å². The first-order valence-electron chi connectivity index (χ1n) is 3.38. The molecule has 0 radical (unpaired) electrons. The van der Waals surface area contributed by atoms with Crippen molar-refractivity contribution < 1.29 is 9.90 Å². The third-order valence-electron chi connectivity index (χ3n) is 1.46. The fourth-order valence-electron chi connectivity index (χ4n) is 0.775. The first kappa shape index (κ1) is 9.26. The number of nitrogens with one attached hydrogen (secondary N) is 2. The van der Waals surface area contributed by atoms with Gasteiger partial charge in [0.2, 0.25) is 0 Å². The Morgan fingerprint density at radius 2 is 1.92 bits per heavy atom. The monoisotopic (exact) mass is 188 g/mol. The molecule has 1 atom stereocenters. The van der Waals surface area contributed by atoms with Crippen LogP contribution in [0.5, 0.6) is 0 Å². The van der Waals surface area contributed by atoms with E-state index in [1.165, 1.54) is 0 Å². The van der Waals surface area contributed by atoms with Gasteiger partial charge in [0.05, 0.1) is 6.54 Å². The summed E-state index contributed by atoms with van der Waals surface area (Å²) in [5, 5.41) is 12.4. The van der Waals surface area contributed by atoms with Gasteiger partial charge in [0.25, 0.3) is 0 Å². The standard InChI is InChI=1S/C5H8N4O4/c6-2(3(10)11)1-9-4(12)7-8-5(9)13/h2H,1,6H2,(H,7,12)(H,8,13)(H,10,11). The van der Waals surface area contributed by atoms with Gasteiger partial charge in [-0.1, -0.05) is 0 Å². The molecule has 5 N–H and O–H groups in total. The maximum atomic E-state index is 10.8. The van der Waals surface area contributed by atoms with Gasteiger partial charge < -0.3 is 10.8 Å². The average molecular weight is 188 g/mol. The number of aromatic amines is 2. The largest absolute Gasteiger partial charge is 0.480 e. The van der Waals surface area contributed by atoms with Crippen molar-refractivity contribution in [2.24, 2.45) is 5.73 Å². The molecular weight excluding hydrogens is 180 g/mol. The van der Waals surface area contributed by atoms with Crippen molar-refractivity contribution in [2.75, 3.05) is 0 Å². The van der Waals surface area contributed by atoms with Gasteiger partial charge >= 0.3 is 17.3 Å². The summed E-state index contributed by atoms with van der Waals surface area (Å²) in [6, 6.07) is -1.27. The fourth-order valence-corrected chi connectivity index (χ4v) is 0.775. The summed E-state index contributed by atoms with van der Waals surface area (Å²) in [5.41, 5.74) is 3.71. The van der Waals surface area contributed by atoms with E-state index in [1.54, 1.807) is 0 Å².